The van der Waals surface area contributed by atoms with E-state index in [1.165, 1.54) is 0 Å². The average molecular weight is 259 g/mol. The lowest BCUT2D eigenvalue weighted by Gasteiger charge is -2.11. The zero-order chi connectivity index (χ0) is 13.5. The van der Waals surface area contributed by atoms with Gasteiger partial charge in [0.25, 0.3) is 0 Å². The van der Waals surface area contributed by atoms with Crippen molar-refractivity contribution in [3.63, 3.8) is 0 Å². The quantitative estimate of drug-likeness (QED) is 0.771. The zero-order valence-corrected chi connectivity index (χ0v) is 11.3. The molecule has 3 nitrogen and oxygen atoms in total. The van der Waals surface area contributed by atoms with Crippen molar-refractivity contribution in [2.75, 3.05) is 6.61 Å². The Morgan fingerprint density at radius 2 is 2.00 bits per heavy atom. The highest BCUT2D eigenvalue weighted by Crippen LogP contribution is 2.20. The third kappa shape index (κ3) is 4.14. The lowest BCUT2D eigenvalue weighted by molar-refractivity contribution is 0.309. The van der Waals surface area contributed by atoms with Crippen LogP contribution in [0.1, 0.15) is 37.1 Å². The number of rotatable bonds is 7. The Morgan fingerprint density at radius 1 is 1.21 bits per heavy atom. The van der Waals surface area contributed by atoms with Gasteiger partial charge in [0.2, 0.25) is 0 Å². The van der Waals surface area contributed by atoms with E-state index in [1.54, 1.807) is 6.26 Å². The molecular formula is C16H21NO2. The van der Waals surface area contributed by atoms with Crippen LogP contribution in [0.25, 0.3) is 0 Å². The van der Waals surface area contributed by atoms with Gasteiger partial charge >= 0.3 is 0 Å². The topological polar surface area (TPSA) is 48.4 Å². The minimum atomic E-state index is -0.0455. The molecule has 102 valence electrons. The van der Waals surface area contributed by atoms with Crippen LogP contribution in [-0.2, 0) is 6.42 Å². The van der Waals surface area contributed by atoms with E-state index in [0.29, 0.717) is 6.42 Å². The molecule has 0 spiro atoms. The number of furan rings is 1. The normalized spacial score (nSPS) is 12.3. The van der Waals surface area contributed by atoms with Crippen LogP contribution in [0.15, 0.2) is 47.1 Å². The summed E-state index contributed by atoms with van der Waals surface area (Å²) in [6.07, 6.45) is 4.61. The molecule has 2 aromatic rings. The maximum Gasteiger partial charge on any atom is 0.119 e. The number of unbranched alkanes of at least 4 members (excludes halogenated alkanes) is 1. The Labute approximate surface area is 114 Å². The molecule has 0 saturated heterocycles. The highest BCUT2D eigenvalue weighted by atomic mass is 16.5. The fourth-order valence-electron chi connectivity index (χ4n) is 1.91. The van der Waals surface area contributed by atoms with Crippen molar-refractivity contribution >= 4 is 0 Å². The number of ether oxygens (including phenoxy) is 1. The molecule has 2 N–H and O–H groups in total. The third-order valence-electron chi connectivity index (χ3n) is 3.08. The van der Waals surface area contributed by atoms with Crippen LogP contribution in [0.3, 0.4) is 0 Å². The number of hydrogen-bond donors (Lipinski definition) is 1. The molecule has 0 radical (unpaired) electrons. The minimum absolute atomic E-state index is 0.0455. The summed E-state index contributed by atoms with van der Waals surface area (Å²) in [4.78, 5) is 0. The van der Waals surface area contributed by atoms with Crippen molar-refractivity contribution in [1.82, 2.24) is 0 Å². The maximum atomic E-state index is 6.16. The van der Waals surface area contributed by atoms with Gasteiger partial charge in [-0.2, -0.15) is 0 Å². The van der Waals surface area contributed by atoms with Crippen molar-refractivity contribution < 1.29 is 9.15 Å². The van der Waals surface area contributed by atoms with Crippen molar-refractivity contribution in [1.29, 1.82) is 0 Å². The first-order valence-corrected chi connectivity index (χ1v) is 6.80. The maximum absolute atomic E-state index is 6.16. The molecule has 0 fully saturated rings. The van der Waals surface area contributed by atoms with Crippen molar-refractivity contribution in [2.24, 2.45) is 5.73 Å². The second-order valence-electron chi connectivity index (χ2n) is 4.66. The van der Waals surface area contributed by atoms with Gasteiger partial charge in [0, 0.05) is 12.5 Å². The summed E-state index contributed by atoms with van der Waals surface area (Å²) in [5.74, 6) is 1.82. The lowest BCUT2D eigenvalue weighted by Crippen LogP contribution is -2.12. The summed E-state index contributed by atoms with van der Waals surface area (Å²) in [5, 5.41) is 0. The van der Waals surface area contributed by atoms with E-state index in [0.717, 1.165) is 36.5 Å². The van der Waals surface area contributed by atoms with Gasteiger partial charge in [-0.15, -0.1) is 0 Å². The molecular weight excluding hydrogens is 238 g/mol. The van der Waals surface area contributed by atoms with E-state index in [9.17, 15) is 0 Å². The molecule has 2 rings (SSSR count). The van der Waals surface area contributed by atoms with Crippen LogP contribution in [-0.4, -0.2) is 6.61 Å². The predicted octanol–water partition coefficient (Wildman–Crippen LogP) is 3.70. The summed E-state index contributed by atoms with van der Waals surface area (Å²) in [6.45, 7) is 2.93. The molecule has 0 aliphatic carbocycles. The minimum Gasteiger partial charge on any atom is -0.494 e. The summed E-state index contributed by atoms with van der Waals surface area (Å²) < 4.78 is 10.9. The van der Waals surface area contributed by atoms with Crippen molar-refractivity contribution in [3.05, 3.63) is 54.0 Å². The standard InChI is InChI=1S/C16H21NO2/c1-2-3-10-18-14-8-6-13(7-9-14)16(17)12-15-5-4-11-19-15/h4-9,11,16H,2-3,10,12,17H2,1H3. The van der Waals surface area contributed by atoms with Crippen LogP contribution in [0.4, 0.5) is 0 Å². The van der Waals surface area contributed by atoms with E-state index >= 15 is 0 Å². The van der Waals surface area contributed by atoms with E-state index in [4.69, 9.17) is 14.9 Å². The van der Waals surface area contributed by atoms with E-state index in [2.05, 4.69) is 6.92 Å². The Balaban J connectivity index is 1.90. The molecule has 1 heterocycles. The smallest absolute Gasteiger partial charge is 0.119 e. The van der Waals surface area contributed by atoms with E-state index < -0.39 is 0 Å². The molecule has 1 aromatic carbocycles. The summed E-state index contributed by atoms with van der Waals surface area (Å²) >= 11 is 0. The molecule has 1 atom stereocenters. The number of hydrogen-bond acceptors (Lipinski definition) is 3. The van der Waals surface area contributed by atoms with E-state index in [-0.39, 0.29) is 6.04 Å². The summed E-state index contributed by atoms with van der Waals surface area (Å²) in [6, 6.07) is 11.8. The van der Waals surface area contributed by atoms with Crippen LogP contribution >= 0.6 is 0 Å². The van der Waals surface area contributed by atoms with Crippen LogP contribution in [0, 0.1) is 0 Å². The fourth-order valence-corrected chi connectivity index (χ4v) is 1.91. The first-order valence-electron chi connectivity index (χ1n) is 6.80. The summed E-state index contributed by atoms with van der Waals surface area (Å²) in [7, 11) is 0. The van der Waals surface area contributed by atoms with Crippen LogP contribution in [0.2, 0.25) is 0 Å². The first-order chi connectivity index (χ1) is 9.29. The second kappa shape index (κ2) is 7.00. The third-order valence-corrected chi connectivity index (χ3v) is 3.08. The van der Waals surface area contributed by atoms with E-state index in [1.807, 2.05) is 36.4 Å². The average Bonchev–Trinajstić information content (AvgIpc) is 2.93. The lowest BCUT2D eigenvalue weighted by atomic mass is 10.0. The Morgan fingerprint density at radius 3 is 2.63 bits per heavy atom. The Hall–Kier alpha value is -1.74. The molecule has 19 heavy (non-hydrogen) atoms. The first kappa shape index (κ1) is 13.7. The van der Waals surface area contributed by atoms with Gasteiger partial charge in [-0.25, -0.2) is 0 Å². The molecule has 0 bridgehead atoms. The van der Waals surface area contributed by atoms with Crippen molar-refractivity contribution in [3.8, 4) is 5.75 Å². The van der Waals surface area contributed by atoms with Gasteiger partial charge in [-0.05, 0) is 36.2 Å². The van der Waals surface area contributed by atoms with Gasteiger partial charge in [-0.1, -0.05) is 25.5 Å². The zero-order valence-electron chi connectivity index (χ0n) is 11.3. The molecule has 0 saturated carbocycles. The van der Waals surface area contributed by atoms with Gasteiger partial charge < -0.3 is 14.9 Å². The second-order valence-corrected chi connectivity index (χ2v) is 4.66. The molecule has 1 aromatic heterocycles. The van der Waals surface area contributed by atoms with Crippen LogP contribution in [0.5, 0.6) is 5.75 Å². The van der Waals surface area contributed by atoms with Gasteiger partial charge in [0.15, 0.2) is 0 Å². The van der Waals surface area contributed by atoms with Gasteiger partial charge in [0.1, 0.15) is 11.5 Å². The van der Waals surface area contributed by atoms with Gasteiger partial charge in [-0.3, -0.25) is 0 Å². The fraction of sp³-hybridized carbons (Fsp3) is 0.375. The molecule has 0 aliphatic rings. The van der Waals surface area contributed by atoms with Gasteiger partial charge in [0.05, 0.1) is 12.9 Å². The SMILES string of the molecule is CCCCOc1ccc(C(N)Cc2ccco2)cc1. The highest BCUT2D eigenvalue weighted by Gasteiger charge is 2.08. The van der Waals surface area contributed by atoms with Crippen molar-refractivity contribution in [2.45, 2.75) is 32.2 Å². The number of nitrogens with two attached hydrogens (primary N) is 1. The predicted molar refractivity (Wildman–Crippen MR) is 76.2 cm³/mol. The highest BCUT2D eigenvalue weighted by molar-refractivity contribution is 5.29. The summed E-state index contributed by atoms with van der Waals surface area (Å²) in [5.41, 5.74) is 7.25. The molecule has 0 amide bonds. The molecule has 1 unspecified atom stereocenters. The Bertz CT molecular complexity index is 462. The molecule has 3 heteroatoms. The monoisotopic (exact) mass is 259 g/mol. The Kier molecular flexibility index (Phi) is 5.04. The largest absolute Gasteiger partial charge is 0.494 e. The number of benzene rings is 1. The van der Waals surface area contributed by atoms with Crippen LogP contribution < -0.4 is 10.5 Å². The molecule has 0 aliphatic heterocycles.